The van der Waals surface area contributed by atoms with Crippen molar-refractivity contribution in [3.63, 3.8) is 0 Å². The summed E-state index contributed by atoms with van der Waals surface area (Å²) in [5.74, 6) is -0.850. The second kappa shape index (κ2) is 72.7. The third kappa shape index (κ3) is 72.6. The zero-order chi connectivity index (χ0) is 64.4. The molecule has 0 saturated carbocycles. The smallest absolute Gasteiger partial charge is 0.462 e. The Morgan fingerprint density at radius 1 is 0.337 bits per heavy atom. The van der Waals surface area contributed by atoms with E-state index in [0.717, 1.165) is 135 Å². The number of esters is 2. The molecule has 506 valence electrons. The van der Waals surface area contributed by atoms with Gasteiger partial charge in [-0.25, -0.2) is 4.57 Å². The maximum Gasteiger partial charge on any atom is 0.472 e. The van der Waals surface area contributed by atoms with Gasteiger partial charge in [0.15, 0.2) is 6.10 Å². The topological polar surface area (TPSA) is 134 Å². The number of ether oxygens (including phenoxy) is 2. The minimum absolute atomic E-state index is 0.0438. The Morgan fingerprint density at radius 3 is 0.865 bits per heavy atom. The first-order chi connectivity index (χ1) is 43.8. The fourth-order valence-corrected chi connectivity index (χ4v) is 10.4. The number of phosphoric acid groups is 1. The molecular formula is C79H132NO8P. The van der Waals surface area contributed by atoms with Crippen LogP contribution in [0.2, 0.25) is 0 Å². The molecule has 3 N–H and O–H groups in total. The molecule has 0 radical (unpaired) electrons. The van der Waals surface area contributed by atoms with Crippen molar-refractivity contribution in [2.24, 2.45) is 5.73 Å². The number of rotatable bonds is 66. The molecule has 0 bridgehead atoms. The summed E-state index contributed by atoms with van der Waals surface area (Å²) in [6.07, 6.45) is 106. The van der Waals surface area contributed by atoms with E-state index in [4.69, 9.17) is 24.3 Å². The van der Waals surface area contributed by atoms with E-state index < -0.39 is 26.5 Å². The summed E-state index contributed by atoms with van der Waals surface area (Å²) in [4.78, 5) is 35.4. The number of unbranched alkanes of at least 4 members (excludes halogenated alkanes) is 27. The van der Waals surface area contributed by atoms with Gasteiger partial charge in [-0.05, 0) is 122 Å². The highest BCUT2D eigenvalue weighted by atomic mass is 31.2. The number of allylic oxidation sites excluding steroid dienone is 26. The third-order valence-electron chi connectivity index (χ3n) is 14.9. The quantitative estimate of drug-likeness (QED) is 0.0264. The molecule has 89 heavy (non-hydrogen) atoms. The highest BCUT2D eigenvalue weighted by Gasteiger charge is 2.26. The van der Waals surface area contributed by atoms with Crippen LogP contribution < -0.4 is 5.73 Å². The summed E-state index contributed by atoms with van der Waals surface area (Å²) >= 11 is 0. The van der Waals surface area contributed by atoms with Gasteiger partial charge in [0.2, 0.25) is 0 Å². The molecule has 0 spiro atoms. The monoisotopic (exact) mass is 1250 g/mol. The Morgan fingerprint density at radius 2 is 0.584 bits per heavy atom. The van der Waals surface area contributed by atoms with E-state index in [2.05, 4.69) is 172 Å². The lowest BCUT2D eigenvalue weighted by molar-refractivity contribution is -0.161. The largest absolute Gasteiger partial charge is 0.472 e. The normalized spacial score (nSPS) is 13.9. The van der Waals surface area contributed by atoms with Crippen molar-refractivity contribution >= 4 is 19.8 Å². The Bertz CT molecular complexity index is 2020. The average molecular weight is 1250 g/mol. The summed E-state index contributed by atoms with van der Waals surface area (Å²) in [7, 11) is -4.41. The molecule has 0 aromatic heterocycles. The van der Waals surface area contributed by atoms with Crippen LogP contribution in [-0.4, -0.2) is 49.3 Å². The van der Waals surface area contributed by atoms with Gasteiger partial charge in [0, 0.05) is 19.4 Å². The van der Waals surface area contributed by atoms with Crippen molar-refractivity contribution in [1.82, 2.24) is 0 Å². The standard InChI is InChI=1S/C79H132NO8P/c1-3-5-7-9-11-13-15-17-19-21-23-25-27-29-31-32-33-34-35-36-37-38-39-40-41-42-43-44-46-47-49-51-53-55-57-59-61-63-65-67-69-71-78(81)85-75-77(76-87-89(83,84)86-74-73-80)88-79(82)72-70-68-66-64-62-60-58-56-54-52-50-48-45-30-28-26-24-22-20-18-16-14-12-10-8-6-4-2/h5-8,11-14,17-20,23-26,29-31,33-34,45,50,52,56,58,77H,3-4,9-10,15-16,21-22,27-28,32,35-44,46-49,51,53-55,57,59-76,80H2,1-2H3,(H,83,84)/b7-5-,8-6-,13-11-,14-12-,19-17-,20-18-,25-23-,26-24-,31-29-,34-33-,45-30-,52-50-,58-56-. The molecule has 0 aliphatic heterocycles. The molecule has 0 heterocycles. The maximum absolute atomic E-state index is 12.8. The summed E-state index contributed by atoms with van der Waals surface area (Å²) in [5.41, 5.74) is 5.40. The van der Waals surface area contributed by atoms with E-state index in [9.17, 15) is 19.0 Å². The molecule has 0 aliphatic rings. The Balaban J connectivity index is 3.88. The fourth-order valence-electron chi connectivity index (χ4n) is 9.68. The first-order valence-electron chi connectivity index (χ1n) is 36.0. The number of phosphoric ester groups is 1. The minimum atomic E-state index is -4.41. The van der Waals surface area contributed by atoms with Crippen LogP contribution in [0.5, 0.6) is 0 Å². The van der Waals surface area contributed by atoms with Gasteiger partial charge in [0.25, 0.3) is 0 Å². The van der Waals surface area contributed by atoms with Crippen LogP contribution in [0.4, 0.5) is 0 Å². The summed E-state index contributed by atoms with van der Waals surface area (Å²) in [6, 6.07) is 0. The van der Waals surface area contributed by atoms with Crippen LogP contribution >= 0.6 is 7.82 Å². The van der Waals surface area contributed by atoms with Crippen LogP contribution in [-0.2, 0) is 32.7 Å². The Hall–Kier alpha value is -4.37. The number of hydrogen-bond donors (Lipinski definition) is 2. The van der Waals surface area contributed by atoms with Gasteiger partial charge in [0.05, 0.1) is 13.2 Å². The molecule has 2 atom stereocenters. The third-order valence-corrected chi connectivity index (χ3v) is 15.9. The predicted octanol–water partition coefficient (Wildman–Crippen LogP) is 24.0. The van der Waals surface area contributed by atoms with E-state index in [0.29, 0.717) is 6.42 Å². The summed E-state index contributed by atoms with van der Waals surface area (Å²) in [5, 5.41) is 0. The van der Waals surface area contributed by atoms with Gasteiger partial charge in [-0.3, -0.25) is 18.6 Å². The molecule has 0 aromatic carbocycles. The van der Waals surface area contributed by atoms with Crippen LogP contribution in [0.25, 0.3) is 0 Å². The van der Waals surface area contributed by atoms with Gasteiger partial charge in [-0.2, -0.15) is 0 Å². The SMILES string of the molecule is CC/C=C\C/C=C\C/C=C\C/C=C\C/C=C\C/C=C\C/C=C\CCCCCCCC(=O)OC(COC(=O)CCCCCCCCCCCCCCCCCCCCCCCC/C=C\C/C=C\C/C=C\C/C=C\C/C=C\C/C=C\CC)COP(=O)(O)OCCN. The second-order valence-corrected chi connectivity index (χ2v) is 24.8. The van der Waals surface area contributed by atoms with Crippen molar-refractivity contribution in [2.45, 2.75) is 302 Å². The molecular weight excluding hydrogens is 1120 g/mol. The first kappa shape index (κ1) is 84.6. The second-order valence-electron chi connectivity index (χ2n) is 23.3. The van der Waals surface area contributed by atoms with Gasteiger partial charge < -0.3 is 20.1 Å². The molecule has 0 aromatic rings. The van der Waals surface area contributed by atoms with Crippen molar-refractivity contribution in [3.05, 3.63) is 158 Å². The lowest BCUT2D eigenvalue weighted by Crippen LogP contribution is -2.29. The summed E-state index contributed by atoms with van der Waals surface area (Å²) < 4.78 is 33.2. The highest BCUT2D eigenvalue weighted by molar-refractivity contribution is 7.47. The molecule has 9 nitrogen and oxygen atoms in total. The van der Waals surface area contributed by atoms with Crippen LogP contribution in [0.1, 0.15) is 296 Å². The molecule has 2 unspecified atom stereocenters. The van der Waals surface area contributed by atoms with Crippen molar-refractivity contribution < 1.29 is 37.6 Å². The molecule has 0 amide bonds. The number of carbonyl (C=O) groups is 2. The van der Waals surface area contributed by atoms with Crippen LogP contribution in [0.15, 0.2) is 158 Å². The van der Waals surface area contributed by atoms with Crippen LogP contribution in [0.3, 0.4) is 0 Å². The predicted molar refractivity (Wildman–Crippen MR) is 385 cm³/mol. The van der Waals surface area contributed by atoms with Crippen molar-refractivity contribution in [2.75, 3.05) is 26.4 Å². The van der Waals surface area contributed by atoms with E-state index in [-0.39, 0.29) is 38.6 Å². The minimum Gasteiger partial charge on any atom is -0.462 e. The number of carbonyl (C=O) groups excluding carboxylic acids is 2. The average Bonchev–Trinajstić information content (AvgIpc) is 3.64. The number of nitrogens with two attached hydrogens (primary N) is 1. The van der Waals surface area contributed by atoms with Crippen molar-refractivity contribution in [1.29, 1.82) is 0 Å². The number of hydrogen-bond acceptors (Lipinski definition) is 8. The Kier molecular flexibility index (Phi) is 69.1. The zero-order valence-electron chi connectivity index (χ0n) is 56.9. The molecule has 10 heteroatoms. The molecule has 0 aliphatic carbocycles. The van der Waals surface area contributed by atoms with Gasteiger partial charge in [-0.1, -0.05) is 320 Å². The highest BCUT2D eigenvalue weighted by Crippen LogP contribution is 2.43. The summed E-state index contributed by atoms with van der Waals surface area (Å²) in [6.45, 7) is 3.50. The molecule has 0 fully saturated rings. The molecule has 0 saturated heterocycles. The van der Waals surface area contributed by atoms with Gasteiger partial charge in [-0.15, -0.1) is 0 Å². The van der Waals surface area contributed by atoms with E-state index >= 15 is 0 Å². The fraction of sp³-hybridized carbons (Fsp3) is 0.646. The van der Waals surface area contributed by atoms with Gasteiger partial charge >= 0.3 is 19.8 Å². The van der Waals surface area contributed by atoms with E-state index in [1.165, 1.54) is 128 Å². The zero-order valence-corrected chi connectivity index (χ0v) is 57.8. The maximum atomic E-state index is 12.8. The van der Waals surface area contributed by atoms with E-state index in [1.807, 2.05) is 0 Å². The van der Waals surface area contributed by atoms with Crippen molar-refractivity contribution in [3.8, 4) is 0 Å². The first-order valence-corrected chi connectivity index (χ1v) is 37.5. The Labute approximate surface area is 547 Å². The van der Waals surface area contributed by atoms with E-state index in [1.54, 1.807) is 0 Å². The van der Waals surface area contributed by atoms with Gasteiger partial charge in [0.1, 0.15) is 6.61 Å². The lowest BCUT2D eigenvalue weighted by Gasteiger charge is -2.19. The van der Waals surface area contributed by atoms with Crippen LogP contribution in [0, 0.1) is 0 Å². The molecule has 0 rings (SSSR count). The lowest BCUT2D eigenvalue weighted by atomic mass is 10.0.